The second-order valence-electron chi connectivity index (χ2n) is 2.74. The molecule has 0 aliphatic heterocycles. The van der Waals surface area contributed by atoms with Crippen LogP contribution in [0.3, 0.4) is 0 Å². The molecule has 5 nitrogen and oxygen atoms in total. The van der Waals surface area contributed by atoms with Crippen LogP contribution in [-0.4, -0.2) is 21.6 Å². The zero-order chi connectivity index (χ0) is 12.2. The van der Waals surface area contributed by atoms with Crippen molar-refractivity contribution in [1.29, 1.82) is 0 Å². The first-order chi connectivity index (χ1) is 7.38. The first kappa shape index (κ1) is 13.5. The van der Waals surface area contributed by atoms with Gasteiger partial charge in [0.2, 0.25) is 0 Å². The van der Waals surface area contributed by atoms with Crippen LogP contribution >= 0.6 is 23.2 Å². The van der Waals surface area contributed by atoms with Crippen LogP contribution in [0.15, 0.2) is 18.2 Å². The van der Waals surface area contributed by atoms with Crippen molar-refractivity contribution in [3.63, 3.8) is 0 Å². The van der Waals surface area contributed by atoms with Gasteiger partial charge in [-0.05, 0) is 12.1 Å². The summed E-state index contributed by atoms with van der Waals surface area (Å²) in [5.41, 5.74) is 0. The zero-order valence-corrected chi connectivity index (χ0v) is 10.3. The molecule has 1 rings (SSSR count). The maximum absolute atomic E-state index is 10.4. The summed E-state index contributed by atoms with van der Waals surface area (Å²) in [6, 6.07) is 4.69. The van der Waals surface area contributed by atoms with Crippen molar-refractivity contribution in [1.82, 2.24) is 0 Å². The van der Waals surface area contributed by atoms with Crippen LogP contribution in [0, 0.1) is 0 Å². The third kappa shape index (κ3) is 5.00. The van der Waals surface area contributed by atoms with Gasteiger partial charge < -0.3 is 4.74 Å². The van der Waals surface area contributed by atoms with E-state index in [0.29, 0.717) is 15.8 Å². The molecule has 0 amide bonds. The van der Waals surface area contributed by atoms with Crippen molar-refractivity contribution >= 4 is 33.5 Å². The number of rotatable bonds is 5. The SMILES string of the molecule is NS(=O)(=O)OCCOc1ccc(Cl)c(Cl)c1. The third-order valence-corrected chi connectivity index (χ3v) is 2.72. The second-order valence-corrected chi connectivity index (χ2v) is 4.77. The molecule has 1 aromatic rings. The van der Waals surface area contributed by atoms with Crippen LogP contribution in [0.25, 0.3) is 0 Å². The lowest BCUT2D eigenvalue weighted by Crippen LogP contribution is -2.19. The van der Waals surface area contributed by atoms with E-state index in [1.165, 1.54) is 6.07 Å². The van der Waals surface area contributed by atoms with E-state index >= 15 is 0 Å². The molecular weight excluding hydrogens is 277 g/mol. The number of hydrogen-bond donors (Lipinski definition) is 1. The van der Waals surface area contributed by atoms with E-state index in [0.717, 1.165) is 0 Å². The Morgan fingerprint density at radius 1 is 1.19 bits per heavy atom. The van der Waals surface area contributed by atoms with E-state index < -0.39 is 10.3 Å². The maximum atomic E-state index is 10.4. The molecular formula is C8H9Cl2NO4S. The first-order valence-corrected chi connectivity index (χ1v) is 6.36. The summed E-state index contributed by atoms with van der Waals surface area (Å²) in [5, 5.41) is 5.38. The minimum Gasteiger partial charge on any atom is -0.491 e. The monoisotopic (exact) mass is 285 g/mol. The Kier molecular flexibility index (Phi) is 4.82. The fourth-order valence-electron chi connectivity index (χ4n) is 0.876. The van der Waals surface area contributed by atoms with Gasteiger partial charge in [-0.1, -0.05) is 23.2 Å². The predicted molar refractivity (Wildman–Crippen MR) is 61.0 cm³/mol. The van der Waals surface area contributed by atoms with E-state index in [-0.39, 0.29) is 13.2 Å². The fraction of sp³-hybridized carbons (Fsp3) is 0.250. The van der Waals surface area contributed by atoms with E-state index in [1.807, 2.05) is 0 Å². The molecule has 0 unspecified atom stereocenters. The van der Waals surface area contributed by atoms with Crippen molar-refractivity contribution in [3.05, 3.63) is 28.2 Å². The lowest BCUT2D eigenvalue weighted by atomic mass is 10.3. The highest BCUT2D eigenvalue weighted by Crippen LogP contribution is 2.26. The Balaban J connectivity index is 2.41. The summed E-state index contributed by atoms with van der Waals surface area (Å²) >= 11 is 11.4. The van der Waals surface area contributed by atoms with Gasteiger partial charge in [-0.15, -0.1) is 0 Å². The standard InChI is InChI=1S/C8H9Cl2NO4S/c9-7-2-1-6(5-8(7)10)14-3-4-15-16(11,12)13/h1-2,5H,3-4H2,(H2,11,12,13). The van der Waals surface area contributed by atoms with Crippen molar-refractivity contribution in [2.24, 2.45) is 5.14 Å². The number of hydrogen-bond acceptors (Lipinski definition) is 4. The van der Waals surface area contributed by atoms with Crippen LogP contribution in [0.5, 0.6) is 5.75 Å². The van der Waals surface area contributed by atoms with Gasteiger partial charge in [-0.25, -0.2) is 5.14 Å². The van der Waals surface area contributed by atoms with E-state index in [2.05, 4.69) is 9.32 Å². The molecule has 0 atom stereocenters. The van der Waals surface area contributed by atoms with Crippen LogP contribution in [-0.2, 0) is 14.5 Å². The molecule has 0 fully saturated rings. The minimum atomic E-state index is -3.92. The molecule has 0 aliphatic carbocycles. The number of benzene rings is 1. The van der Waals surface area contributed by atoms with Crippen LogP contribution in [0.1, 0.15) is 0 Å². The molecule has 8 heteroatoms. The van der Waals surface area contributed by atoms with E-state index in [4.69, 9.17) is 27.9 Å². The summed E-state index contributed by atoms with van der Waals surface area (Å²) in [7, 11) is -3.92. The van der Waals surface area contributed by atoms with E-state index in [1.54, 1.807) is 12.1 Å². The maximum Gasteiger partial charge on any atom is 0.333 e. The van der Waals surface area contributed by atoms with Crippen LogP contribution < -0.4 is 9.88 Å². The fourth-order valence-corrected chi connectivity index (χ4v) is 1.46. The molecule has 1 aromatic carbocycles. The molecule has 0 bridgehead atoms. The van der Waals surface area contributed by atoms with Gasteiger partial charge in [0.15, 0.2) is 0 Å². The smallest absolute Gasteiger partial charge is 0.333 e. The summed E-state index contributed by atoms with van der Waals surface area (Å²) in [4.78, 5) is 0. The highest BCUT2D eigenvalue weighted by atomic mass is 35.5. The summed E-state index contributed by atoms with van der Waals surface area (Å²) in [6.07, 6.45) is 0. The molecule has 0 radical (unpaired) electrons. The molecule has 0 spiro atoms. The number of halogens is 2. The van der Waals surface area contributed by atoms with E-state index in [9.17, 15) is 8.42 Å². The molecule has 0 heterocycles. The lowest BCUT2D eigenvalue weighted by Gasteiger charge is -2.06. The average molecular weight is 286 g/mol. The topological polar surface area (TPSA) is 78.6 Å². The molecule has 2 N–H and O–H groups in total. The Morgan fingerprint density at radius 2 is 1.88 bits per heavy atom. The lowest BCUT2D eigenvalue weighted by molar-refractivity contribution is 0.221. The Labute approximate surface area is 103 Å². The molecule has 0 aliphatic rings. The van der Waals surface area contributed by atoms with Crippen LogP contribution in [0.2, 0.25) is 10.0 Å². The van der Waals surface area contributed by atoms with Gasteiger partial charge in [-0.2, -0.15) is 8.42 Å². The normalized spacial score (nSPS) is 11.4. The van der Waals surface area contributed by atoms with Gasteiger partial charge in [0, 0.05) is 6.07 Å². The Bertz CT molecular complexity index is 463. The van der Waals surface area contributed by atoms with Gasteiger partial charge in [-0.3, -0.25) is 4.18 Å². The largest absolute Gasteiger partial charge is 0.491 e. The molecule has 0 saturated heterocycles. The predicted octanol–water partition coefficient (Wildman–Crippen LogP) is 1.59. The highest BCUT2D eigenvalue weighted by Gasteiger charge is 2.03. The summed E-state index contributed by atoms with van der Waals surface area (Å²) in [6.45, 7) is -0.131. The number of nitrogens with two attached hydrogens (primary N) is 1. The van der Waals surface area contributed by atoms with Gasteiger partial charge in [0.25, 0.3) is 0 Å². The van der Waals surface area contributed by atoms with Gasteiger partial charge >= 0.3 is 10.3 Å². The van der Waals surface area contributed by atoms with Crippen molar-refractivity contribution in [2.75, 3.05) is 13.2 Å². The highest BCUT2D eigenvalue weighted by molar-refractivity contribution is 7.84. The zero-order valence-electron chi connectivity index (χ0n) is 8.02. The molecule has 16 heavy (non-hydrogen) atoms. The molecule has 90 valence electrons. The molecule has 0 aromatic heterocycles. The molecule has 0 saturated carbocycles. The minimum absolute atomic E-state index is 0.0361. The van der Waals surface area contributed by atoms with Crippen LogP contribution in [0.4, 0.5) is 0 Å². The van der Waals surface area contributed by atoms with Gasteiger partial charge in [0.1, 0.15) is 19.0 Å². The third-order valence-electron chi connectivity index (χ3n) is 1.49. The van der Waals surface area contributed by atoms with Crippen molar-refractivity contribution < 1.29 is 17.3 Å². The quantitative estimate of drug-likeness (QED) is 0.834. The van der Waals surface area contributed by atoms with Crippen molar-refractivity contribution in [3.8, 4) is 5.75 Å². The average Bonchev–Trinajstić information content (AvgIpc) is 2.17. The Hall–Kier alpha value is -0.530. The summed E-state index contributed by atoms with van der Waals surface area (Å²) in [5.74, 6) is 0.465. The Morgan fingerprint density at radius 3 is 2.44 bits per heavy atom. The van der Waals surface area contributed by atoms with Crippen molar-refractivity contribution in [2.45, 2.75) is 0 Å². The second kappa shape index (κ2) is 5.70. The van der Waals surface area contributed by atoms with Gasteiger partial charge in [0.05, 0.1) is 10.0 Å². The first-order valence-electron chi connectivity index (χ1n) is 4.13. The number of ether oxygens (including phenoxy) is 1. The summed E-state index contributed by atoms with van der Waals surface area (Å²) < 4.78 is 30.2.